The molecule has 0 aliphatic heterocycles. The Morgan fingerprint density at radius 1 is 1.19 bits per heavy atom. The molecular formula is C18H19NO5S2. The normalized spacial score (nSPS) is 13.3. The van der Waals surface area contributed by atoms with Crippen LogP contribution in [0.1, 0.15) is 34.1 Å². The highest BCUT2D eigenvalue weighted by atomic mass is 32.2. The summed E-state index contributed by atoms with van der Waals surface area (Å²) in [5.74, 6) is -1.82. The second-order valence-corrected chi connectivity index (χ2v) is 9.00. The highest BCUT2D eigenvalue weighted by molar-refractivity contribution is 7.92. The molecule has 6 nitrogen and oxygen atoms in total. The van der Waals surface area contributed by atoms with Gasteiger partial charge in [0.05, 0.1) is 17.1 Å². The molecule has 0 radical (unpaired) electrons. The number of benzene rings is 1. The summed E-state index contributed by atoms with van der Waals surface area (Å²) >= 11 is 1.33. The number of ether oxygens (including phenoxy) is 1. The first-order valence-corrected chi connectivity index (χ1v) is 10.8. The second kappa shape index (κ2) is 7.59. The van der Waals surface area contributed by atoms with Crippen LogP contribution in [-0.2, 0) is 32.2 Å². The lowest BCUT2D eigenvalue weighted by atomic mass is 10.1. The van der Waals surface area contributed by atoms with Crippen molar-refractivity contribution in [3.63, 3.8) is 0 Å². The van der Waals surface area contributed by atoms with E-state index in [0.717, 1.165) is 29.7 Å². The molecule has 0 bridgehead atoms. The number of aryl methyl sites for hydroxylation is 1. The zero-order valence-corrected chi connectivity index (χ0v) is 15.9. The van der Waals surface area contributed by atoms with Crippen LogP contribution in [0.2, 0.25) is 0 Å². The van der Waals surface area contributed by atoms with Gasteiger partial charge in [-0.3, -0.25) is 4.79 Å². The van der Waals surface area contributed by atoms with Crippen molar-refractivity contribution in [2.45, 2.75) is 31.1 Å². The van der Waals surface area contributed by atoms with Gasteiger partial charge in [0.2, 0.25) is 5.91 Å². The van der Waals surface area contributed by atoms with Crippen LogP contribution >= 0.6 is 11.3 Å². The second-order valence-electron chi connectivity index (χ2n) is 5.90. The lowest BCUT2D eigenvalue weighted by Crippen LogP contribution is -2.23. The Labute approximate surface area is 156 Å². The quantitative estimate of drug-likeness (QED) is 0.762. The van der Waals surface area contributed by atoms with E-state index in [4.69, 9.17) is 4.74 Å². The lowest BCUT2D eigenvalue weighted by Gasteiger charge is -2.08. The Morgan fingerprint density at radius 2 is 1.92 bits per heavy atom. The van der Waals surface area contributed by atoms with Crippen LogP contribution in [0.15, 0.2) is 35.2 Å². The first kappa shape index (κ1) is 18.6. The zero-order chi connectivity index (χ0) is 18.7. The van der Waals surface area contributed by atoms with E-state index in [2.05, 4.69) is 5.32 Å². The van der Waals surface area contributed by atoms with E-state index in [1.165, 1.54) is 23.5 Å². The van der Waals surface area contributed by atoms with Gasteiger partial charge in [-0.1, -0.05) is 18.2 Å². The molecule has 0 spiro atoms. The van der Waals surface area contributed by atoms with Crippen LogP contribution in [0, 0.1) is 0 Å². The first-order valence-electron chi connectivity index (χ1n) is 8.31. The van der Waals surface area contributed by atoms with Crippen molar-refractivity contribution in [2.24, 2.45) is 0 Å². The van der Waals surface area contributed by atoms with Crippen LogP contribution in [0.4, 0.5) is 5.00 Å². The van der Waals surface area contributed by atoms with Crippen molar-refractivity contribution >= 4 is 38.1 Å². The summed E-state index contributed by atoms with van der Waals surface area (Å²) < 4.78 is 29.8. The van der Waals surface area contributed by atoms with Crippen LogP contribution in [-0.4, -0.2) is 32.7 Å². The van der Waals surface area contributed by atoms with E-state index in [0.29, 0.717) is 10.6 Å². The molecule has 0 saturated carbocycles. The number of amides is 1. The molecule has 1 aliphatic carbocycles. The van der Waals surface area contributed by atoms with E-state index >= 15 is 0 Å². The molecule has 138 valence electrons. The van der Waals surface area contributed by atoms with Gasteiger partial charge in [0, 0.05) is 4.88 Å². The molecule has 2 aromatic rings. The number of carbonyl (C=O) groups excluding carboxylic acids is 2. The number of anilines is 1. The topological polar surface area (TPSA) is 89.5 Å². The van der Waals surface area contributed by atoms with Gasteiger partial charge in [-0.05, 0) is 43.9 Å². The SMILES string of the molecule is CCOC(=O)c1c(NC(=O)CS(=O)(=O)c2ccccc2)sc2c1CCC2. The van der Waals surface area contributed by atoms with Gasteiger partial charge in [0.1, 0.15) is 10.8 Å². The number of carbonyl (C=O) groups is 2. The predicted octanol–water partition coefficient (Wildman–Crippen LogP) is 2.83. The molecule has 1 aliphatic rings. The van der Waals surface area contributed by atoms with Crippen LogP contribution in [0.25, 0.3) is 0 Å². The summed E-state index contributed by atoms with van der Waals surface area (Å²) in [7, 11) is -3.74. The maximum atomic E-state index is 12.3. The van der Waals surface area contributed by atoms with Gasteiger partial charge in [0.25, 0.3) is 0 Å². The van der Waals surface area contributed by atoms with E-state index < -0.39 is 27.5 Å². The summed E-state index contributed by atoms with van der Waals surface area (Å²) in [6.07, 6.45) is 2.58. The number of fused-ring (bicyclic) bond motifs is 1. The minimum Gasteiger partial charge on any atom is -0.462 e. The number of esters is 1. The van der Waals surface area contributed by atoms with Crippen molar-refractivity contribution in [3.05, 3.63) is 46.3 Å². The van der Waals surface area contributed by atoms with Crippen LogP contribution < -0.4 is 5.32 Å². The number of thiophene rings is 1. The average molecular weight is 393 g/mol. The molecule has 0 saturated heterocycles. The highest BCUT2D eigenvalue weighted by Crippen LogP contribution is 2.39. The highest BCUT2D eigenvalue weighted by Gasteiger charge is 2.29. The number of rotatable bonds is 6. The molecular weight excluding hydrogens is 374 g/mol. The number of sulfone groups is 1. The van der Waals surface area contributed by atoms with Gasteiger partial charge in [-0.2, -0.15) is 0 Å². The number of hydrogen-bond donors (Lipinski definition) is 1. The molecule has 3 rings (SSSR count). The third-order valence-corrected chi connectivity index (χ3v) is 6.92. The molecule has 0 fully saturated rings. The molecule has 1 N–H and O–H groups in total. The number of hydrogen-bond acceptors (Lipinski definition) is 6. The number of nitrogens with one attached hydrogen (secondary N) is 1. The Morgan fingerprint density at radius 3 is 2.62 bits per heavy atom. The first-order chi connectivity index (χ1) is 12.4. The molecule has 1 aromatic heterocycles. The molecule has 8 heteroatoms. The minimum absolute atomic E-state index is 0.0921. The summed E-state index contributed by atoms with van der Waals surface area (Å²) in [5, 5.41) is 2.98. The van der Waals surface area contributed by atoms with Gasteiger partial charge in [-0.25, -0.2) is 13.2 Å². The van der Waals surface area contributed by atoms with Crippen molar-refractivity contribution in [2.75, 3.05) is 17.7 Å². The fourth-order valence-corrected chi connectivity index (χ4v) is 5.41. The average Bonchev–Trinajstić information content (AvgIpc) is 3.15. The minimum atomic E-state index is -3.74. The fourth-order valence-electron chi connectivity index (χ4n) is 2.96. The monoisotopic (exact) mass is 393 g/mol. The predicted molar refractivity (Wildman–Crippen MR) is 99.4 cm³/mol. The van der Waals surface area contributed by atoms with Crippen molar-refractivity contribution in [1.29, 1.82) is 0 Å². The molecule has 1 heterocycles. The molecule has 1 amide bonds. The van der Waals surface area contributed by atoms with Crippen molar-refractivity contribution in [1.82, 2.24) is 0 Å². The van der Waals surface area contributed by atoms with E-state index in [1.54, 1.807) is 25.1 Å². The van der Waals surface area contributed by atoms with Gasteiger partial charge in [0.15, 0.2) is 9.84 Å². The standard InChI is InChI=1S/C18H19NO5S2/c1-2-24-18(21)16-13-9-6-10-14(13)25-17(16)19-15(20)11-26(22,23)12-7-4-3-5-8-12/h3-5,7-8H,2,6,9-11H2,1H3,(H,19,20). The molecule has 0 atom stereocenters. The summed E-state index contributed by atoms with van der Waals surface area (Å²) in [6.45, 7) is 1.95. The van der Waals surface area contributed by atoms with Crippen LogP contribution in [0.5, 0.6) is 0 Å². The molecule has 1 aromatic carbocycles. The third-order valence-electron chi connectivity index (χ3n) is 4.08. The maximum Gasteiger partial charge on any atom is 0.341 e. The Kier molecular flexibility index (Phi) is 5.43. The lowest BCUT2D eigenvalue weighted by molar-refractivity contribution is -0.113. The van der Waals surface area contributed by atoms with Gasteiger partial charge >= 0.3 is 5.97 Å². The largest absolute Gasteiger partial charge is 0.462 e. The van der Waals surface area contributed by atoms with E-state index in [-0.39, 0.29) is 11.5 Å². The molecule has 26 heavy (non-hydrogen) atoms. The van der Waals surface area contributed by atoms with Crippen molar-refractivity contribution < 1.29 is 22.7 Å². The van der Waals surface area contributed by atoms with E-state index in [1.807, 2.05) is 0 Å². The third kappa shape index (κ3) is 3.81. The zero-order valence-electron chi connectivity index (χ0n) is 14.3. The van der Waals surface area contributed by atoms with Crippen molar-refractivity contribution in [3.8, 4) is 0 Å². The summed E-state index contributed by atoms with van der Waals surface area (Å²) in [6, 6.07) is 7.82. The Bertz CT molecular complexity index is 932. The van der Waals surface area contributed by atoms with Gasteiger partial charge in [-0.15, -0.1) is 11.3 Å². The Balaban J connectivity index is 1.81. The van der Waals surface area contributed by atoms with Gasteiger partial charge < -0.3 is 10.1 Å². The molecule has 0 unspecified atom stereocenters. The smallest absolute Gasteiger partial charge is 0.341 e. The fraction of sp³-hybridized carbons (Fsp3) is 0.333. The van der Waals surface area contributed by atoms with Crippen LogP contribution in [0.3, 0.4) is 0 Å². The Hall–Kier alpha value is -2.19. The summed E-state index contributed by atoms with van der Waals surface area (Å²) in [5.41, 5.74) is 1.28. The summed E-state index contributed by atoms with van der Waals surface area (Å²) in [4.78, 5) is 25.8. The maximum absolute atomic E-state index is 12.3. The van der Waals surface area contributed by atoms with E-state index in [9.17, 15) is 18.0 Å².